The van der Waals surface area contributed by atoms with Crippen LogP contribution in [0.3, 0.4) is 0 Å². The molecule has 120 valence electrons. The maximum absolute atomic E-state index is 11.2. The zero-order valence-corrected chi connectivity index (χ0v) is 14.0. The average Bonchev–Trinajstić information content (AvgIpc) is 2.32. The summed E-state index contributed by atoms with van der Waals surface area (Å²) in [6.07, 6.45) is 1.93. The lowest BCUT2D eigenvalue weighted by atomic mass is 10.1. The number of aryl methyl sites for hydroxylation is 1. The van der Waals surface area contributed by atoms with Crippen molar-refractivity contribution in [3.63, 3.8) is 0 Å². The number of alkyl halides is 1. The van der Waals surface area contributed by atoms with Crippen LogP contribution in [0.5, 0.6) is 5.75 Å². The zero-order chi connectivity index (χ0) is 16.1. The van der Waals surface area contributed by atoms with Gasteiger partial charge in [-0.05, 0) is 24.5 Å². The van der Waals surface area contributed by atoms with Gasteiger partial charge in [0.2, 0.25) is 0 Å². The highest BCUT2D eigenvalue weighted by Gasteiger charge is 2.16. The number of halogens is 1. The highest BCUT2D eigenvalue weighted by atomic mass is 35.5. The topological polar surface area (TPSA) is 86.7 Å². The summed E-state index contributed by atoms with van der Waals surface area (Å²) in [5, 5.41) is 0. The maximum atomic E-state index is 11.2. The normalized spacial score (nSPS) is 13.9. The summed E-state index contributed by atoms with van der Waals surface area (Å²) in [4.78, 5) is 0. The standard InChI is InChI=1S/C12H17ClO6S2/c1-20(14,15)18-11(9-13)8-7-10-5-3-4-6-12(10)19-21(2,16)17/h3-6,11H,7-9H2,1-2H3/t11-/m0/s1. The Kier molecular flexibility index (Phi) is 6.45. The first kappa shape index (κ1) is 18.2. The van der Waals surface area contributed by atoms with Gasteiger partial charge in [-0.1, -0.05) is 18.2 Å². The quantitative estimate of drug-likeness (QED) is 0.518. The fourth-order valence-electron chi connectivity index (χ4n) is 1.67. The molecule has 1 aromatic carbocycles. The van der Waals surface area contributed by atoms with Crippen LogP contribution in [0.4, 0.5) is 0 Å². The molecule has 0 bridgehead atoms. The largest absolute Gasteiger partial charge is 0.382 e. The summed E-state index contributed by atoms with van der Waals surface area (Å²) in [5.41, 5.74) is 0.634. The third-order valence-electron chi connectivity index (χ3n) is 2.43. The Morgan fingerprint density at radius 2 is 1.71 bits per heavy atom. The molecule has 6 nitrogen and oxygen atoms in total. The lowest BCUT2D eigenvalue weighted by molar-refractivity contribution is 0.224. The Hall–Kier alpha value is -0.830. The minimum atomic E-state index is -3.63. The van der Waals surface area contributed by atoms with Crippen LogP contribution in [0.1, 0.15) is 12.0 Å². The van der Waals surface area contributed by atoms with Gasteiger partial charge in [-0.25, -0.2) is 0 Å². The van der Waals surface area contributed by atoms with E-state index in [0.29, 0.717) is 18.4 Å². The number of rotatable bonds is 8. The molecule has 0 saturated carbocycles. The molecule has 0 aliphatic carbocycles. The molecule has 0 aromatic heterocycles. The molecule has 1 rings (SSSR count). The smallest absolute Gasteiger partial charge is 0.306 e. The van der Waals surface area contributed by atoms with E-state index in [2.05, 4.69) is 0 Å². The van der Waals surface area contributed by atoms with Crippen LogP contribution in [0.15, 0.2) is 24.3 Å². The van der Waals surface area contributed by atoms with E-state index < -0.39 is 26.3 Å². The molecule has 0 amide bonds. The molecule has 0 saturated heterocycles. The predicted octanol–water partition coefficient (Wildman–Crippen LogP) is 1.54. The van der Waals surface area contributed by atoms with Crippen LogP contribution in [-0.4, -0.2) is 41.3 Å². The monoisotopic (exact) mass is 356 g/mol. The van der Waals surface area contributed by atoms with Gasteiger partial charge in [0.05, 0.1) is 24.5 Å². The molecule has 0 N–H and O–H groups in total. The Labute approximate surface area is 130 Å². The molecule has 0 aliphatic heterocycles. The van der Waals surface area contributed by atoms with Crippen molar-refractivity contribution in [2.45, 2.75) is 18.9 Å². The van der Waals surface area contributed by atoms with Crippen molar-refractivity contribution in [1.82, 2.24) is 0 Å². The molecule has 1 atom stereocenters. The van der Waals surface area contributed by atoms with Crippen LogP contribution in [-0.2, 0) is 30.8 Å². The summed E-state index contributed by atoms with van der Waals surface area (Å²) in [7, 11) is -7.22. The van der Waals surface area contributed by atoms with Crippen LogP contribution < -0.4 is 4.18 Å². The third kappa shape index (κ3) is 7.66. The second-order valence-corrected chi connectivity index (χ2v) is 7.99. The van der Waals surface area contributed by atoms with E-state index >= 15 is 0 Å². The maximum Gasteiger partial charge on any atom is 0.306 e. The van der Waals surface area contributed by atoms with E-state index in [1.807, 2.05) is 0 Å². The summed E-state index contributed by atoms with van der Waals surface area (Å²) in [6, 6.07) is 6.61. The van der Waals surface area contributed by atoms with Crippen molar-refractivity contribution in [1.29, 1.82) is 0 Å². The first-order valence-electron chi connectivity index (χ1n) is 6.02. The second kappa shape index (κ2) is 7.44. The lowest BCUT2D eigenvalue weighted by Gasteiger charge is -2.14. The van der Waals surface area contributed by atoms with Crippen LogP contribution in [0.2, 0.25) is 0 Å². The number of para-hydroxylation sites is 1. The number of benzene rings is 1. The fourth-order valence-corrected chi connectivity index (χ4v) is 3.11. The van der Waals surface area contributed by atoms with Crippen LogP contribution in [0.25, 0.3) is 0 Å². The Bertz CT molecular complexity index is 669. The third-order valence-corrected chi connectivity index (χ3v) is 3.88. The van der Waals surface area contributed by atoms with Crippen molar-refractivity contribution in [2.24, 2.45) is 0 Å². The number of hydrogen-bond donors (Lipinski definition) is 0. The molecule has 0 aliphatic rings. The molecule has 0 fully saturated rings. The Morgan fingerprint density at radius 1 is 1.10 bits per heavy atom. The first-order valence-corrected chi connectivity index (χ1v) is 10.2. The zero-order valence-electron chi connectivity index (χ0n) is 11.7. The van der Waals surface area contributed by atoms with Crippen molar-refractivity contribution in [2.75, 3.05) is 18.4 Å². The van der Waals surface area contributed by atoms with Gasteiger partial charge in [-0.2, -0.15) is 16.8 Å². The average molecular weight is 357 g/mol. The van der Waals surface area contributed by atoms with Crippen molar-refractivity contribution in [3.8, 4) is 5.75 Å². The Balaban J connectivity index is 2.79. The van der Waals surface area contributed by atoms with Gasteiger partial charge in [0.15, 0.2) is 0 Å². The molecule has 21 heavy (non-hydrogen) atoms. The van der Waals surface area contributed by atoms with Gasteiger partial charge < -0.3 is 4.18 Å². The summed E-state index contributed by atoms with van der Waals surface area (Å²) < 4.78 is 54.2. The van der Waals surface area contributed by atoms with E-state index in [9.17, 15) is 16.8 Å². The van der Waals surface area contributed by atoms with Gasteiger partial charge in [-0.15, -0.1) is 11.6 Å². The molecular formula is C12H17ClO6S2. The molecule has 0 unspecified atom stereocenters. The van der Waals surface area contributed by atoms with E-state index in [1.54, 1.807) is 18.2 Å². The van der Waals surface area contributed by atoms with E-state index in [1.165, 1.54) is 6.07 Å². The highest BCUT2D eigenvalue weighted by molar-refractivity contribution is 7.86. The Morgan fingerprint density at radius 3 is 2.24 bits per heavy atom. The second-order valence-electron chi connectivity index (χ2n) is 4.51. The van der Waals surface area contributed by atoms with Crippen molar-refractivity contribution in [3.05, 3.63) is 29.8 Å². The van der Waals surface area contributed by atoms with E-state index in [-0.39, 0.29) is 11.6 Å². The van der Waals surface area contributed by atoms with Crippen molar-refractivity contribution >= 4 is 31.8 Å². The summed E-state index contributed by atoms with van der Waals surface area (Å²) >= 11 is 5.67. The van der Waals surface area contributed by atoms with Crippen molar-refractivity contribution < 1.29 is 25.2 Å². The molecule has 1 aromatic rings. The van der Waals surface area contributed by atoms with Gasteiger partial charge in [0, 0.05) is 0 Å². The number of hydrogen-bond acceptors (Lipinski definition) is 6. The molecule has 0 spiro atoms. The minimum Gasteiger partial charge on any atom is -0.382 e. The van der Waals surface area contributed by atoms with E-state index in [0.717, 1.165) is 12.5 Å². The summed E-state index contributed by atoms with van der Waals surface area (Å²) in [6.45, 7) is 0. The SMILES string of the molecule is CS(=O)(=O)Oc1ccccc1CC[C@@H](CCl)OS(C)(=O)=O. The fraction of sp³-hybridized carbons (Fsp3) is 0.500. The van der Waals surface area contributed by atoms with Crippen LogP contribution >= 0.6 is 11.6 Å². The van der Waals surface area contributed by atoms with E-state index in [4.69, 9.17) is 20.0 Å². The molecule has 0 heterocycles. The van der Waals surface area contributed by atoms with Gasteiger partial charge in [0.1, 0.15) is 5.75 Å². The van der Waals surface area contributed by atoms with Gasteiger partial charge in [-0.3, -0.25) is 4.18 Å². The predicted molar refractivity (Wildman–Crippen MR) is 80.7 cm³/mol. The van der Waals surface area contributed by atoms with Crippen LogP contribution in [0, 0.1) is 0 Å². The van der Waals surface area contributed by atoms with Gasteiger partial charge in [0.25, 0.3) is 10.1 Å². The highest BCUT2D eigenvalue weighted by Crippen LogP contribution is 2.22. The molecule has 9 heteroatoms. The summed E-state index contributed by atoms with van der Waals surface area (Å²) in [5.74, 6) is 0.231. The molecule has 0 radical (unpaired) electrons. The first-order chi connectivity index (χ1) is 9.61. The van der Waals surface area contributed by atoms with Gasteiger partial charge >= 0.3 is 10.1 Å². The lowest BCUT2D eigenvalue weighted by Crippen LogP contribution is -2.20. The molecular weight excluding hydrogens is 340 g/mol. The minimum absolute atomic E-state index is 0.0160.